The minimum atomic E-state index is -1.12. The standard InChI is InChI=1S/C30H24N2O3S/c1-19-7-16-26-27(17-19)36-30(32-26)31-24-14-12-22(13-15-24)21-8-10-23(11-9-21)28(33)25(29(34)35)18-20-5-3-2-4-6-20/h2-17,25H,18H2,1H3,(H,31,32)(H,34,35). The molecular weight excluding hydrogens is 468 g/mol. The van der Waals surface area contributed by atoms with E-state index in [0.29, 0.717) is 5.56 Å². The summed E-state index contributed by atoms with van der Waals surface area (Å²) in [6.45, 7) is 2.07. The number of Topliss-reactive ketones (excluding diaryl/α,β-unsaturated/α-hetero) is 1. The summed E-state index contributed by atoms with van der Waals surface area (Å²) in [5.74, 6) is -2.61. The number of carbonyl (C=O) groups is 2. The second-order valence-electron chi connectivity index (χ2n) is 8.71. The highest BCUT2D eigenvalue weighted by Gasteiger charge is 2.27. The number of nitrogens with zero attached hydrogens (tertiary/aromatic N) is 1. The van der Waals surface area contributed by atoms with E-state index >= 15 is 0 Å². The number of aromatic nitrogens is 1. The maximum Gasteiger partial charge on any atom is 0.314 e. The summed E-state index contributed by atoms with van der Waals surface area (Å²) < 4.78 is 1.15. The van der Waals surface area contributed by atoms with Gasteiger partial charge < -0.3 is 10.4 Å². The molecule has 0 radical (unpaired) electrons. The van der Waals surface area contributed by atoms with E-state index in [2.05, 4.69) is 29.4 Å². The van der Waals surface area contributed by atoms with Crippen molar-refractivity contribution in [2.75, 3.05) is 5.32 Å². The number of carboxylic acid groups (broad SMARTS) is 1. The molecule has 2 N–H and O–H groups in total. The molecule has 4 aromatic carbocycles. The van der Waals surface area contributed by atoms with Crippen molar-refractivity contribution in [1.82, 2.24) is 4.98 Å². The Morgan fingerprint density at radius 3 is 2.22 bits per heavy atom. The Bertz CT molecular complexity index is 1520. The van der Waals surface area contributed by atoms with E-state index in [4.69, 9.17) is 0 Å². The first kappa shape index (κ1) is 23.5. The molecule has 0 aliphatic rings. The Balaban J connectivity index is 1.28. The molecule has 5 nitrogen and oxygen atoms in total. The molecule has 0 aliphatic carbocycles. The van der Waals surface area contributed by atoms with Crippen LogP contribution in [0.15, 0.2) is 97.1 Å². The molecule has 1 aromatic heterocycles. The van der Waals surface area contributed by atoms with Crippen LogP contribution in [0.25, 0.3) is 21.3 Å². The van der Waals surface area contributed by atoms with Gasteiger partial charge in [-0.05, 0) is 59.9 Å². The lowest BCUT2D eigenvalue weighted by Crippen LogP contribution is -2.26. The number of nitrogens with one attached hydrogen (secondary N) is 1. The molecule has 6 heteroatoms. The molecule has 0 saturated carbocycles. The van der Waals surface area contributed by atoms with Crippen LogP contribution in [0.2, 0.25) is 0 Å². The van der Waals surface area contributed by atoms with Crippen molar-refractivity contribution < 1.29 is 14.7 Å². The third-order valence-electron chi connectivity index (χ3n) is 6.08. The van der Waals surface area contributed by atoms with Crippen LogP contribution in [-0.2, 0) is 11.2 Å². The number of carbonyl (C=O) groups excluding carboxylic acids is 1. The molecule has 1 atom stereocenters. The highest BCUT2D eigenvalue weighted by Crippen LogP contribution is 2.30. The van der Waals surface area contributed by atoms with Gasteiger partial charge in [-0.25, -0.2) is 4.98 Å². The predicted octanol–water partition coefficient (Wildman–Crippen LogP) is 7.14. The Morgan fingerprint density at radius 2 is 1.56 bits per heavy atom. The first-order valence-corrected chi connectivity index (χ1v) is 12.4. The molecule has 0 fully saturated rings. The highest BCUT2D eigenvalue weighted by molar-refractivity contribution is 7.22. The molecule has 1 heterocycles. The lowest BCUT2D eigenvalue weighted by molar-refractivity contribution is -0.139. The Hall–Kier alpha value is -4.29. The summed E-state index contributed by atoms with van der Waals surface area (Å²) in [5.41, 5.74) is 6.29. The normalized spacial score (nSPS) is 11.8. The van der Waals surface area contributed by atoms with Crippen LogP contribution in [0, 0.1) is 12.8 Å². The van der Waals surface area contributed by atoms with Crippen LogP contribution < -0.4 is 5.32 Å². The fourth-order valence-electron chi connectivity index (χ4n) is 4.12. The van der Waals surface area contributed by atoms with Crippen molar-refractivity contribution in [3.8, 4) is 11.1 Å². The van der Waals surface area contributed by atoms with E-state index < -0.39 is 11.9 Å². The van der Waals surface area contributed by atoms with Crippen molar-refractivity contribution >= 4 is 44.1 Å². The summed E-state index contributed by atoms with van der Waals surface area (Å²) >= 11 is 1.62. The van der Waals surface area contributed by atoms with Gasteiger partial charge in [-0.2, -0.15) is 0 Å². The van der Waals surface area contributed by atoms with Gasteiger partial charge in [0.1, 0.15) is 5.92 Å². The summed E-state index contributed by atoms with van der Waals surface area (Å²) in [6, 6.07) is 30.6. The van der Waals surface area contributed by atoms with E-state index in [1.54, 1.807) is 23.5 Å². The van der Waals surface area contributed by atoms with Gasteiger partial charge in [0.25, 0.3) is 0 Å². The Morgan fingerprint density at radius 1 is 0.889 bits per heavy atom. The van der Waals surface area contributed by atoms with E-state index in [1.807, 2.05) is 72.8 Å². The van der Waals surface area contributed by atoms with Gasteiger partial charge in [0.2, 0.25) is 0 Å². The molecule has 5 aromatic rings. The predicted molar refractivity (Wildman–Crippen MR) is 145 cm³/mol. The molecule has 0 bridgehead atoms. The zero-order valence-corrected chi connectivity index (χ0v) is 20.5. The lowest BCUT2D eigenvalue weighted by atomic mass is 9.90. The van der Waals surface area contributed by atoms with E-state index in [-0.39, 0.29) is 12.2 Å². The Labute approximate surface area is 213 Å². The molecule has 0 saturated heterocycles. The number of anilines is 2. The summed E-state index contributed by atoms with van der Waals surface area (Å²) in [5, 5.41) is 13.9. The van der Waals surface area contributed by atoms with Crippen LogP contribution >= 0.6 is 11.3 Å². The van der Waals surface area contributed by atoms with Gasteiger partial charge in [0, 0.05) is 11.3 Å². The van der Waals surface area contributed by atoms with Crippen LogP contribution in [0.3, 0.4) is 0 Å². The number of benzene rings is 4. The Kier molecular flexibility index (Phi) is 6.60. The maximum absolute atomic E-state index is 12.9. The third kappa shape index (κ3) is 5.19. The molecule has 1 unspecified atom stereocenters. The number of rotatable bonds is 8. The molecule has 178 valence electrons. The van der Waals surface area contributed by atoms with Crippen LogP contribution in [-0.4, -0.2) is 21.8 Å². The van der Waals surface area contributed by atoms with Crippen molar-refractivity contribution in [3.05, 3.63) is 114 Å². The number of fused-ring (bicyclic) bond motifs is 1. The topological polar surface area (TPSA) is 79.3 Å². The van der Waals surface area contributed by atoms with E-state index in [1.165, 1.54) is 5.56 Å². The van der Waals surface area contributed by atoms with Gasteiger partial charge in [-0.1, -0.05) is 84.1 Å². The van der Waals surface area contributed by atoms with Gasteiger partial charge >= 0.3 is 5.97 Å². The van der Waals surface area contributed by atoms with Crippen molar-refractivity contribution in [2.24, 2.45) is 5.92 Å². The molecule has 0 aliphatic heterocycles. The second-order valence-corrected chi connectivity index (χ2v) is 9.75. The van der Waals surface area contributed by atoms with Gasteiger partial charge in [0.15, 0.2) is 10.9 Å². The summed E-state index contributed by atoms with van der Waals surface area (Å²) in [7, 11) is 0. The molecule has 0 amide bonds. The number of hydrogen-bond donors (Lipinski definition) is 2. The highest BCUT2D eigenvalue weighted by atomic mass is 32.1. The number of ketones is 1. The van der Waals surface area contributed by atoms with Crippen LogP contribution in [0.1, 0.15) is 21.5 Å². The molecule has 0 spiro atoms. The first-order chi connectivity index (χ1) is 17.5. The number of carboxylic acids is 1. The van der Waals surface area contributed by atoms with Crippen molar-refractivity contribution in [2.45, 2.75) is 13.3 Å². The number of aryl methyl sites for hydroxylation is 1. The summed E-state index contributed by atoms with van der Waals surface area (Å²) in [4.78, 5) is 29.4. The molecular formula is C30H24N2O3S. The van der Waals surface area contributed by atoms with E-state index in [9.17, 15) is 14.7 Å². The number of hydrogen-bond acceptors (Lipinski definition) is 5. The largest absolute Gasteiger partial charge is 0.481 e. The minimum absolute atomic E-state index is 0.166. The van der Waals surface area contributed by atoms with Gasteiger partial charge in [-0.3, -0.25) is 9.59 Å². The molecule has 36 heavy (non-hydrogen) atoms. The maximum atomic E-state index is 12.9. The zero-order chi connectivity index (χ0) is 25.1. The van der Waals surface area contributed by atoms with Gasteiger partial charge in [0.05, 0.1) is 10.2 Å². The average molecular weight is 493 g/mol. The monoisotopic (exact) mass is 492 g/mol. The fourth-order valence-corrected chi connectivity index (χ4v) is 5.11. The lowest BCUT2D eigenvalue weighted by Gasteiger charge is -2.12. The third-order valence-corrected chi connectivity index (χ3v) is 7.01. The number of aliphatic carboxylic acids is 1. The average Bonchev–Trinajstić information content (AvgIpc) is 3.29. The second kappa shape index (κ2) is 10.1. The first-order valence-electron chi connectivity index (χ1n) is 11.6. The minimum Gasteiger partial charge on any atom is -0.481 e. The van der Waals surface area contributed by atoms with Crippen LogP contribution in [0.4, 0.5) is 10.8 Å². The quantitative estimate of drug-likeness (QED) is 0.178. The van der Waals surface area contributed by atoms with E-state index in [0.717, 1.165) is 37.7 Å². The fraction of sp³-hybridized carbons (Fsp3) is 0.100. The number of thiazole rings is 1. The SMILES string of the molecule is Cc1ccc2nc(Nc3ccc(-c4ccc(C(=O)C(Cc5ccccc5)C(=O)O)cc4)cc3)sc2c1. The smallest absolute Gasteiger partial charge is 0.314 e. The zero-order valence-electron chi connectivity index (χ0n) is 19.6. The molecule has 5 rings (SSSR count). The van der Waals surface area contributed by atoms with Crippen molar-refractivity contribution in [1.29, 1.82) is 0 Å². The summed E-state index contributed by atoms with van der Waals surface area (Å²) in [6.07, 6.45) is 0.166. The van der Waals surface area contributed by atoms with Gasteiger partial charge in [-0.15, -0.1) is 0 Å². The van der Waals surface area contributed by atoms with Crippen LogP contribution in [0.5, 0.6) is 0 Å². The van der Waals surface area contributed by atoms with Crippen molar-refractivity contribution in [3.63, 3.8) is 0 Å².